The highest BCUT2D eigenvalue weighted by atomic mass is 32.2. The first kappa shape index (κ1) is 27.7. The second kappa shape index (κ2) is 12.9. The largest absolute Gasteiger partial charge is 0.478 e. The van der Waals surface area contributed by atoms with Crippen LogP contribution in [0.2, 0.25) is 0 Å². The van der Waals surface area contributed by atoms with Crippen molar-refractivity contribution in [2.45, 2.75) is 30.9 Å². The zero-order valence-electron chi connectivity index (χ0n) is 20.4. The van der Waals surface area contributed by atoms with Crippen LogP contribution in [0.15, 0.2) is 71.0 Å². The van der Waals surface area contributed by atoms with Crippen molar-refractivity contribution in [3.05, 3.63) is 77.2 Å². The van der Waals surface area contributed by atoms with Gasteiger partial charge in [-0.2, -0.15) is 0 Å². The third-order valence-corrected chi connectivity index (χ3v) is 7.02. The molecule has 2 amide bonds. The average Bonchev–Trinajstić information content (AvgIpc) is 3.27. The van der Waals surface area contributed by atoms with Crippen molar-refractivity contribution in [1.82, 2.24) is 0 Å². The number of nitrogens with one attached hydrogen (secondary N) is 2. The third-order valence-electron chi connectivity index (χ3n) is 5.03. The molecule has 1 aromatic heterocycles. The van der Waals surface area contributed by atoms with E-state index in [1.165, 1.54) is 23.1 Å². The predicted molar refractivity (Wildman–Crippen MR) is 146 cm³/mol. The van der Waals surface area contributed by atoms with E-state index in [0.29, 0.717) is 21.8 Å². The van der Waals surface area contributed by atoms with E-state index in [9.17, 15) is 19.2 Å². The third kappa shape index (κ3) is 7.80. The lowest BCUT2D eigenvalue weighted by molar-refractivity contribution is -0.131. The summed E-state index contributed by atoms with van der Waals surface area (Å²) in [6, 6.07) is 14.6. The first-order chi connectivity index (χ1) is 17.7. The molecule has 0 radical (unpaired) electrons. The Morgan fingerprint density at radius 2 is 1.81 bits per heavy atom. The molecule has 0 spiro atoms. The number of benzene rings is 2. The van der Waals surface area contributed by atoms with Gasteiger partial charge in [0.1, 0.15) is 10.6 Å². The van der Waals surface area contributed by atoms with Crippen molar-refractivity contribution in [3.8, 4) is 11.1 Å². The van der Waals surface area contributed by atoms with Crippen LogP contribution in [-0.2, 0) is 19.1 Å². The molecule has 192 valence electrons. The van der Waals surface area contributed by atoms with Gasteiger partial charge < -0.3 is 20.5 Å². The Bertz CT molecular complexity index is 1330. The molecule has 0 aliphatic heterocycles. The fourth-order valence-corrected chi connectivity index (χ4v) is 5.14. The van der Waals surface area contributed by atoms with E-state index in [-0.39, 0.29) is 12.5 Å². The summed E-state index contributed by atoms with van der Waals surface area (Å²) in [6.07, 6.45) is 1.67. The second-order valence-electron chi connectivity index (χ2n) is 7.88. The number of ether oxygens (including phenoxy) is 1. The molecule has 8 nitrogen and oxygen atoms in total. The van der Waals surface area contributed by atoms with Gasteiger partial charge in [0.05, 0.1) is 11.9 Å². The van der Waals surface area contributed by atoms with E-state index in [4.69, 9.17) is 9.84 Å². The Kier molecular flexibility index (Phi) is 9.64. The smallest absolute Gasteiger partial charge is 0.341 e. The summed E-state index contributed by atoms with van der Waals surface area (Å²) in [7, 11) is 0. The topological polar surface area (TPSA) is 122 Å². The molecule has 0 fully saturated rings. The molecule has 0 bridgehead atoms. The number of carbonyl (C=O) groups excluding carboxylic acids is 3. The number of anilines is 2. The summed E-state index contributed by atoms with van der Waals surface area (Å²) < 4.78 is 5.27. The molecular weight excluding hydrogens is 512 g/mol. The van der Waals surface area contributed by atoms with E-state index >= 15 is 0 Å². The SMILES string of the molecule is CCOC(=O)c1c(-c2ccc(C)cc2)csc1NC(=O)C(C)Sc1cccc(NC(=O)/C=C/C(=O)O)c1. The molecule has 0 aliphatic carbocycles. The van der Waals surface area contributed by atoms with E-state index in [2.05, 4.69) is 10.6 Å². The number of hydrogen-bond acceptors (Lipinski definition) is 7. The summed E-state index contributed by atoms with van der Waals surface area (Å²) in [4.78, 5) is 49.0. The maximum Gasteiger partial charge on any atom is 0.341 e. The van der Waals surface area contributed by atoms with Crippen LogP contribution in [-0.4, -0.2) is 40.7 Å². The molecule has 1 atom stereocenters. The van der Waals surface area contributed by atoms with Gasteiger partial charge >= 0.3 is 11.9 Å². The molecule has 0 saturated carbocycles. The number of carboxylic acid groups (broad SMARTS) is 1. The number of aliphatic carboxylic acids is 1. The van der Waals surface area contributed by atoms with Crippen molar-refractivity contribution in [1.29, 1.82) is 0 Å². The zero-order valence-corrected chi connectivity index (χ0v) is 22.1. The number of rotatable bonds is 10. The summed E-state index contributed by atoms with van der Waals surface area (Å²) in [5.74, 6) is -2.60. The van der Waals surface area contributed by atoms with Gasteiger partial charge in [-0.3, -0.25) is 9.59 Å². The number of aryl methyl sites for hydroxylation is 1. The van der Waals surface area contributed by atoms with Crippen LogP contribution >= 0.6 is 23.1 Å². The molecule has 10 heteroatoms. The number of carboxylic acids is 1. The van der Waals surface area contributed by atoms with Gasteiger partial charge in [0.2, 0.25) is 11.8 Å². The molecule has 0 saturated heterocycles. The van der Waals surface area contributed by atoms with Gasteiger partial charge in [0.25, 0.3) is 0 Å². The molecule has 2 aromatic carbocycles. The number of amides is 2. The Balaban J connectivity index is 1.74. The minimum atomic E-state index is -1.22. The van der Waals surface area contributed by atoms with Crippen molar-refractivity contribution >= 4 is 57.5 Å². The molecule has 3 aromatic rings. The van der Waals surface area contributed by atoms with Crippen molar-refractivity contribution < 1.29 is 29.0 Å². The summed E-state index contributed by atoms with van der Waals surface area (Å²) in [6.45, 7) is 5.65. The minimum absolute atomic E-state index is 0.209. The number of thiophene rings is 1. The number of esters is 1. The molecule has 3 N–H and O–H groups in total. The van der Waals surface area contributed by atoms with E-state index in [1.807, 2.05) is 36.6 Å². The lowest BCUT2D eigenvalue weighted by atomic mass is 10.0. The highest BCUT2D eigenvalue weighted by molar-refractivity contribution is 8.00. The Labute approximate surface area is 222 Å². The van der Waals surface area contributed by atoms with Crippen LogP contribution in [0.1, 0.15) is 29.8 Å². The first-order valence-electron chi connectivity index (χ1n) is 11.3. The van der Waals surface area contributed by atoms with Crippen LogP contribution in [0.25, 0.3) is 11.1 Å². The molecule has 1 heterocycles. The normalized spacial score (nSPS) is 11.6. The van der Waals surface area contributed by atoms with Gasteiger partial charge in [-0.05, 0) is 44.5 Å². The highest BCUT2D eigenvalue weighted by Gasteiger charge is 2.24. The molecule has 1 unspecified atom stereocenters. The lowest BCUT2D eigenvalue weighted by Gasteiger charge is -2.13. The number of thioether (sulfide) groups is 1. The summed E-state index contributed by atoms with van der Waals surface area (Å²) in [5.41, 5.74) is 3.42. The maximum atomic E-state index is 13.0. The fraction of sp³-hybridized carbons (Fsp3) is 0.185. The average molecular weight is 539 g/mol. The van der Waals surface area contributed by atoms with Crippen LogP contribution in [0.4, 0.5) is 10.7 Å². The number of hydrogen-bond donors (Lipinski definition) is 3. The van der Waals surface area contributed by atoms with Crippen LogP contribution in [0, 0.1) is 6.92 Å². The summed E-state index contributed by atoms with van der Waals surface area (Å²) in [5, 5.41) is 15.8. The predicted octanol–water partition coefficient (Wildman–Crippen LogP) is 5.60. The fourth-order valence-electron chi connectivity index (χ4n) is 3.25. The van der Waals surface area contributed by atoms with E-state index in [1.54, 1.807) is 38.1 Å². The Hall–Kier alpha value is -3.89. The second-order valence-corrected chi connectivity index (χ2v) is 10.2. The minimum Gasteiger partial charge on any atom is -0.478 e. The van der Waals surface area contributed by atoms with Gasteiger partial charge in [-0.15, -0.1) is 23.1 Å². The van der Waals surface area contributed by atoms with Gasteiger partial charge in [0, 0.05) is 33.7 Å². The van der Waals surface area contributed by atoms with Crippen molar-refractivity contribution in [2.24, 2.45) is 0 Å². The Morgan fingerprint density at radius 1 is 1.08 bits per heavy atom. The van der Waals surface area contributed by atoms with E-state index in [0.717, 1.165) is 28.2 Å². The van der Waals surface area contributed by atoms with Gasteiger partial charge in [0.15, 0.2) is 0 Å². The summed E-state index contributed by atoms with van der Waals surface area (Å²) >= 11 is 2.53. The van der Waals surface area contributed by atoms with E-state index < -0.39 is 23.1 Å². The van der Waals surface area contributed by atoms with Gasteiger partial charge in [-0.25, -0.2) is 9.59 Å². The Morgan fingerprint density at radius 3 is 2.49 bits per heavy atom. The van der Waals surface area contributed by atoms with Crippen LogP contribution in [0.5, 0.6) is 0 Å². The quantitative estimate of drug-likeness (QED) is 0.175. The monoisotopic (exact) mass is 538 g/mol. The van der Waals surface area contributed by atoms with Gasteiger partial charge in [-0.1, -0.05) is 35.9 Å². The first-order valence-corrected chi connectivity index (χ1v) is 13.1. The standard InChI is InChI=1S/C27H26N2O6S2/c1-4-35-27(34)24-21(18-10-8-16(2)9-11-18)15-36-26(24)29-25(33)17(3)37-20-7-5-6-19(14-20)28-22(30)12-13-23(31)32/h5-15,17H,4H2,1-3H3,(H,28,30)(H,29,33)(H,31,32)/b13-12+. The van der Waals surface area contributed by atoms with Crippen molar-refractivity contribution in [3.63, 3.8) is 0 Å². The van der Waals surface area contributed by atoms with Crippen molar-refractivity contribution in [2.75, 3.05) is 17.2 Å². The molecule has 37 heavy (non-hydrogen) atoms. The maximum absolute atomic E-state index is 13.0. The molecule has 0 aliphatic rings. The zero-order chi connectivity index (χ0) is 26.9. The van der Waals surface area contributed by atoms with Crippen LogP contribution < -0.4 is 10.6 Å². The highest BCUT2D eigenvalue weighted by Crippen LogP contribution is 2.37. The lowest BCUT2D eigenvalue weighted by Crippen LogP contribution is -2.23. The molecular formula is C27H26N2O6S2. The van der Waals surface area contributed by atoms with Crippen LogP contribution in [0.3, 0.4) is 0 Å². The molecule has 3 rings (SSSR count). The number of carbonyl (C=O) groups is 4.